The Hall–Kier alpha value is -6.68. The van der Waals surface area contributed by atoms with Crippen LogP contribution in [0.5, 0.6) is 11.5 Å². The summed E-state index contributed by atoms with van der Waals surface area (Å²) in [5, 5.41) is 58.8. The number of nitrogen functional groups attached to an aromatic ring is 2. The number of methoxy groups -OCH3 is 1. The fraction of sp³-hybridized carbons (Fsp3) is 0.171. The zero-order valence-electron chi connectivity index (χ0n) is 39.2. The van der Waals surface area contributed by atoms with E-state index in [0.717, 1.165) is 55.2 Å². The third-order valence-corrected chi connectivity index (χ3v) is 16.2. The number of sulfonamides is 1. The molecule has 10 N–H and O–H groups in total. The lowest BCUT2D eigenvalue weighted by atomic mass is 10.1. The SMILES string of the molecule is CCN(CC)c1cc(N)c(/N=N/c2ccc(NS(=O)(=O)c3ccc(/N=N/c4c(S(=O)(=O)O)cc5cc(SOOO)c(/N=N/c6ccc(S(=O)(=O)CCOSOOO)cc6S(=O)(=O)O)c(O)c5c4N)cc3)cc2)cc1OC. The molecule has 0 fully saturated rings. The quantitative estimate of drug-likeness (QED) is 0.00503. The van der Waals surface area contributed by atoms with Gasteiger partial charge < -0.3 is 26.2 Å². The molecule has 0 saturated heterocycles. The molecule has 0 bridgehead atoms. The summed E-state index contributed by atoms with van der Waals surface area (Å²) in [5.41, 5.74) is 11.9. The molecular formula is C41H42N10O19S6. The summed E-state index contributed by atoms with van der Waals surface area (Å²) in [7, 11) is -17.4. The highest BCUT2D eigenvalue weighted by Crippen LogP contribution is 2.50. The van der Waals surface area contributed by atoms with Gasteiger partial charge in [0.05, 0.1) is 80.0 Å². The second-order valence-electron chi connectivity index (χ2n) is 15.0. The monoisotopic (exact) mass is 1170 g/mol. The number of hydrogen-bond acceptors (Lipinski definition) is 28. The van der Waals surface area contributed by atoms with Crippen molar-refractivity contribution in [3.63, 3.8) is 0 Å². The van der Waals surface area contributed by atoms with Crippen LogP contribution in [0.4, 0.5) is 56.9 Å². The fourth-order valence-corrected chi connectivity index (χ4v) is 11.2. The van der Waals surface area contributed by atoms with Gasteiger partial charge in [-0.2, -0.15) is 27.1 Å². The van der Waals surface area contributed by atoms with E-state index in [-0.39, 0.29) is 50.9 Å². The molecule has 76 heavy (non-hydrogen) atoms. The summed E-state index contributed by atoms with van der Waals surface area (Å²) in [6.45, 7) is 4.91. The lowest BCUT2D eigenvalue weighted by Gasteiger charge is -2.24. The minimum atomic E-state index is -5.25. The first-order valence-electron chi connectivity index (χ1n) is 21.0. The Labute approximate surface area is 441 Å². The molecule has 0 radical (unpaired) electrons. The van der Waals surface area contributed by atoms with Gasteiger partial charge in [0.15, 0.2) is 27.9 Å². The van der Waals surface area contributed by atoms with Gasteiger partial charge in [0.1, 0.15) is 38.3 Å². The number of azo groups is 3. The van der Waals surface area contributed by atoms with Gasteiger partial charge >= 0.3 is 0 Å². The first kappa shape index (κ1) is 58.6. The van der Waals surface area contributed by atoms with Crippen LogP contribution in [-0.4, -0.2) is 91.0 Å². The van der Waals surface area contributed by atoms with Crippen molar-refractivity contribution in [2.45, 2.75) is 38.3 Å². The maximum Gasteiger partial charge on any atom is 0.296 e. The van der Waals surface area contributed by atoms with Gasteiger partial charge in [0, 0.05) is 24.8 Å². The smallest absolute Gasteiger partial charge is 0.296 e. The van der Waals surface area contributed by atoms with Gasteiger partial charge in [0.25, 0.3) is 30.3 Å². The fourth-order valence-electron chi connectivity index (χ4n) is 6.79. The Morgan fingerprint density at radius 2 is 1.26 bits per heavy atom. The molecule has 6 aromatic carbocycles. The number of ether oxygens (including phenoxy) is 1. The summed E-state index contributed by atoms with van der Waals surface area (Å²) in [6, 6.07) is 18.2. The van der Waals surface area contributed by atoms with Crippen molar-refractivity contribution in [2.24, 2.45) is 30.7 Å². The van der Waals surface area contributed by atoms with Crippen LogP contribution in [-0.2, 0) is 63.0 Å². The number of nitrogens with one attached hydrogen (secondary N) is 1. The van der Waals surface area contributed by atoms with Crippen molar-refractivity contribution in [2.75, 3.05) is 53.6 Å². The van der Waals surface area contributed by atoms with E-state index in [1.165, 1.54) is 43.5 Å². The number of sulfone groups is 1. The first-order valence-corrected chi connectivity index (χ1v) is 28.4. The number of nitrogens with two attached hydrogens (primary N) is 2. The lowest BCUT2D eigenvalue weighted by Crippen LogP contribution is -2.22. The molecule has 406 valence electrons. The van der Waals surface area contributed by atoms with Crippen molar-refractivity contribution in [3.8, 4) is 11.5 Å². The zero-order valence-corrected chi connectivity index (χ0v) is 44.1. The van der Waals surface area contributed by atoms with Crippen LogP contribution in [0, 0.1) is 0 Å². The molecule has 0 spiro atoms. The molecule has 29 nitrogen and oxygen atoms in total. The predicted octanol–water partition coefficient (Wildman–Crippen LogP) is 9.31. The van der Waals surface area contributed by atoms with E-state index in [4.69, 9.17) is 30.9 Å². The molecule has 0 unspecified atom stereocenters. The molecule has 0 amide bonds. The molecule has 35 heteroatoms. The van der Waals surface area contributed by atoms with Crippen LogP contribution < -0.4 is 25.8 Å². The third kappa shape index (κ3) is 14.2. The van der Waals surface area contributed by atoms with E-state index >= 15 is 0 Å². The van der Waals surface area contributed by atoms with Crippen LogP contribution in [0.15, 0.2) is 146 Å². The largest absolute Gasteiger partial charge is 0.505 e. The topological polar surface area (TPSA) is 435 Å². The molecule has 0 aliphatic carbocycles. The average molecular weight is 1170 g/mol. The molecule has 0 aliphatic heterocycles. The summed E-state index contributed by atoms with van der Waals surface area (Å²) in [4.78, 5) is -1.16. The first-order chi connectivity index (χ1) is 36.0. The summed E-state index contributed by atoms with van der Waals surface area (Å²) < 4.78 is 144. The molecule has 0 saturated carbocycles. The highest BCUT2D eigenvalue weighted by molar-refractivity contribution is 7.94. The standard InChI is InChI=1S/C41H42N10O19S6/c1-4-51(5-2)32-21-29(42)31(22-33(32)65-3)47-44-24-6-8-26(9-7-24)50-74(57,58)27-12-10-25(11-13-27)45-49-40-36(76(62,63)64)19-23-18-34(71-69-67-53)39(41(52)37(23)38(40)43)48-46-30-15-14-28(20-35(30)75(59,60)61)73(55,56)17-16-66-72-70-68-54/h6-15,18-22,50,52-54H,4-5,16-17,42-43H2,1-3H3,(H,59,60,61)(H,62,63,64)/b47-44+,48-46+,49-45+. The number of rotatable bonds is 25. The second-order valence-corrected chi connectivity index (χ2v) is 22.8. The normalized spacial score (nSPS) is 12.6. The van der Waals surface area contributed by atoms with Crippen molar-refractivity contribution < 1.29 is 86.1 Å². The third-order valence-electron chi connectivity index (χ3n) is 10.4. The van der Waals surface area contributed by atoms with Gasteiger partial charge in [-0.3, -0.25) is 18.0 Å². The highest BCUT2D eigenvalue weighted by Gasteiger charge is 2.27. The Morgan fingerprint density at radius 3 is 1.87 bits per heavy atom. The van der Waals surface area contributed by atoms with Crippen LogP contribution in [0.3, 0.4) is 0 Å². The average Bonchev–Trinajstić information content (AvgIpc) is 3.37. The second kappa shape index (κ2) is 25.0. The van der Waals surface area contributed by atoms with E-state index in [1.54, 1.807) is 12.1 Å². The van der Waals surface area contributed by atoms with Crippen LogP contribution in [0.1, 0.15) is 13.8 Å². The molecule has 0 aliphatic rings. The lowest BCUT2D eigenvalue weighted by molar-refractivity contribution is -0.434. The molecule has 0 heterocycles. The molecular weight excluding hydrogens is 1130 g/mol. The van der Waals surface area contributed by atoms with Crippen molar-refractivity contribution >= 4 is 132 Å². The number of fused-ring (bicyclic) bond motifs is 1. The molecule has 0 aromatic heterocycles. The van der Waals surface area contributed by atoms with Gasteiger partial charge in [-0.25, -0.2) is 27.4 Å². The Morgan fingerprint density at radius 1 is 0.671 bits per heavy atom. The van der Waals surface area contributed by atoms with Crippen LogP contribution in [0.25, 0.3) is 10.8 Å². The number of anilines is 4. The summed E-state index contributed by atoms with van der Waals surface area (Å²) in [6.07, 6.45) is 0. The maximum atomic E-state index is 13.4. The minimum absolute atomic E-state index is 0.0643. The number of nitrogens with zero attached hydrogens (tertiary/aromatic N) is 7. The highest BCUT2D eigenvalue weighted by atomic mass is 32.2. The van der Waals surface area contributed by atoms with Crippen molar-refractivity contribution in [1.82, 2.24) is 0 Å². The Balaban J connectivity index is 1.27. The minimum Gasteiger partial charge on any atom is -0.505 e. The summed E-state index contributed by atoms with van der Waals surface area (Å²) >= 11 is 0.228. The summed E-state index contributed by atoms with van der Waals surface area (Å²) in [5.74, 6) is -1.14. The van der Waals surface area contributed by atoms with Gasteiger partial charge in [-0.1, -0.05) is 10.1 Å². The predicted molar refractivity (Wildman–Crippen MR) is 274 cm³/mol. The number of aromatic hydroxyl groups is 1. The van der Waals surface area contributed by atoms with E-state index in [1.807, 2.05) is 13.8 Å². The van der Waals surface area contributed by atoms with Gasteiger partial charge in [-0.15, -0.1) is 29.1 Å². The van der Waals surface area contributed by atoms with E-state index < -0.39 is 101 Å². The zero-order chi connectivity index (χ0) is 55.6. The van der Waals surface area contributed by atoms with E-state index in [9.17, 15) is 47.9 Å². The number of phenols is 1. The van der Waals surface area contributed by atoms with Crippen molar-refractivity contribution in [1.29, 1.82) is 0 Å². The molecule has 6 aromatic rings. The maximum absolute atomic E-state index is 13.4. The van der Waals surface area contributed by atoms with Gasteiger partial charge in [-0.05, 0) is 104 Å². The van der Waals surface area contributed by atoms with E-state index in [2.05, 4.69) is 59.1 Å². The van der Waals surface area contributed by atoms with Crippen molar-refractivity contribution in [3.05, 3.63) is 91.0 Å². The van der Waals surface area contributed by atoms with Gasteiger partial charge in [0.2, 0.25) is 0 Å². The Bertz CT molecular complexity index is 3670. The van der Waals surface area contributed by atoms with E-state index in [0.29, 0.717) is 28.9 Å². The molecule has 6 rings (SSSR count). The van der Waals surface area contributed by atoms with Crippen LogP contribution in [0.2, 0.25) is 0 Å². The number of hydrogen-bond donors (Lipinski definition) is 8. The molecule has 0 atom stereocenters. The Kier molecular flexibility index (Phi) is 19.3. The number of benzene rings is 6. The van der Waals surface area contributed by atoms with Crippen LogP contribution >= 0.6 is 24.4 Å². The number of phenolic OH excluding ortho intramolecular Hbond substituents is 1.